The number of hydrogen-bond donors (Lipinski definition) is 0. The highest BCUT2D eigenvalue weighted by Crippen LogP contribution is 2.19. The van der Waals surface area contributed by atoms with Gasteiger partial charge in [-0.15, -0.1) is 0 Å². The van der Waals surface area contributed by atoms with Crippen LogP contribution in [0.2, 0.25) is 0 Å². The standard InChI is InChI=1S/C13H10N2O/c1-9(16)11-8-14-15-12-5-3-2-4-10(12)6-7-13(11)15/h2-8H,1H3. The summed E-state index contributed by atoms with van der Waals surface area (Å²) in [5.41, 5.74) is 2.56. The molecule has 2 aromatic heterocycles. The molecule has 0 spiro atoms. The van der Waals surface area contributed by atoms with E-state index in [2.05, 4.69) is 5.10 Å². The second-order valence-electron chi connectivity index (χ2n) is 3.80. The van der Waals surface area contributed by atoms with Crippen LogP contribution in [0.5, 0.6) is 0 Å². The Hall–Kier alpha value is -2.16. The monoisotopic (exact) mass is 210 g/mol. The summed E-state index contributed by atoms with van der Waals surface area (Å²) < 4.78 is 1.81. The Balaban J connectivity index is 2.49. The van der Waals surface area contributed by atoms with Gasteiger partial charge in [0, 0.05) is 5.39 Å². The summed E-state index contributed by atoms with van der Waals surface area (Å²) in [6, 6.07) is 11.9. The molecule has 3 rings (SSSR count). The van der Waals surface area contributed by atoms with Crippen molar-refractivity contribution in [3.63, 3.8) is 0 Å². The van der Waals surface area contributed by atoms with Gasteiger partial charge >= 0.3 is 0 Å². The van der Waals surface area contributed by atoms with Gasteiger partial charge in [0.2, 0.25) is 0 Å². The molecule has 3 nitrogen and oxygen atoms in total. The lowest BCUT2D eigenvalue weighted by molar-refractivity contribution is 0.101. The molecular formula is C13H10N2O. The molecule has 2 heterocycles. The first-order valence-corrected chi connectivity index (χ1v) is 5.14. The zero-order valence-electron chi connectivity index (χ0n) is 8.84. The van der Waals surface area contributed by atoms with E-state index in [1.165, 1.54) is 0 Å². The fourth-order valence-electron chi connectivity index (χ4n) is 1.97. The minimum absolute atomic E-state index is 0.0466. The van der Waals surface area contributed by atoms with Crippen LogP contribution in [0, 0.1) is 0 Å². The van der Waals surface area contributed by atoms with Gasteiger partial charge < -0.3 is 0 Å². The second-order valence-corrected chi connectivity index (χ2v) is 3.80. The van der Waals surface area contributed by atoms with Gasteiger partial charge in [0.25, 0.3) is 0 Å². The fourth-order valence-corrected chi connectivity index (χ4v) is 1.97. The molecule has 0 aliphatic carbocycles. The van der Waals surface area contributed by atoms with Gasteiger partial charge in [-0.05, 0) is 19.1 Å². The van der Waals surface area contributed by atoms with Gasteiger partial charge in [0.05, 0.1) is 22.8 Å². The zero-order valence-corrected chi connectivity index (χ0v) is 8.84. The van der Waals surface area contributed by atoms with Crippen molar-refractivity contribution < 1.29 is 4.79 Å². The van der Waals surface area contributed by atoms with E-state index in [1.807, 2.05) is 40.9 Å². The summed E-state index contributed by atoms with van der Waals surface area (Å²) in [7, 11) is 0. The molecule has 0 aliphatic rings. The molecule has 0 bridgehead atoms. The predicted molar refractivity (Wildman–Crippen MR) is 62.7 cm³/mol. The number of aromatic nitrogens is 2. The number of benzene rings is 1. The van der Waals surface area contributed by atoms with E-state index in [0.29, 0.717) is 5.56 Å². The average molecular weight is 210 g/mol. The molecule has 0 radical (unpaired) electrons. The normalized spacial score (nSPS) is 11.1. The van der Waals surface area contributed by atoms with Crippen molar-refractivity contribution in [1.82, 2.24) is 9.61 Å². The van der Waals surface area contributed by atoms with Gasteiger partial charge in [-0.25, -0.2) is 4.52 Å². The van der Waals surface area contributed by atoms with Gasteiger partial charge in [0.15, 0.2) is 5.78 Å². The molecule has 0 saturated heterocycles. The largest absolute Gasteiger partial charge is 0.294 e. The van der Waals surface area contributed by atoms with Crippen LogP contribution in [0.1, 0.15) is 17.3 Å². The van der Waals surface area contributed by atoms with Crippen LogP contribution in [0.4, 0.5) is 0 Å². The van der Waals surface area contributed by atoms with Crippen LogP contribution in [-0.2, 0) is 0 Å². The van der Waals surface area contributed by atoms with Crippen molar-refractivity contribution in [2.75, 3.05) is 0 Å². The highest BCUT2D eigenvalue weighted by Gasteiger charge is 2.09. The number of Topliss-reactive ketones (excluding diaryl/α,β-unsaturated/α-hetero) is 1. The maximum absolute atomic E-state index is 11.4. The molecule has 16 heavy (non-hydrogen) atoms. The molecule has 0 aliphatic heterocycles. The molecule has 0 unspecified atom stereocenters. The SMILES string of the molecule is CC(=O)c1cnn2c1ccc1ccccc12. The lowest BCUT2D eigenvalue weighted by atomic mass is 10.1. The van der Waals surface area contributed by atoms with Crippen LogP contribution in [-0.4, -0.2) is 15.4 Å². The van der Waals surface area contributed by atoms with Gasteiger partial charge in [-0.3, -0.25) is 4.79 Å². The van der Waals surface area contributed by atoms with Crippen molar-refractivity contribution in [3.8, 4) is 0 Å². The van der Waals surface area contributed by atoms with E-state index in [0.717, 1.165) is 16.4 Å². The summed E-state index contributed by atoms with van der Waals surface area (Å²) in [5.74, 6) is 0.0466. The lowest BCUT2D eigenvalue weighted by Crippen LogP contribution is -1.92. The first-order chi connectivity index (χ1) is 7.77. The molecule has 0 amide bonds. The first-order valence-electron chi connectivity index (χ1n) is 5.14. The minimum Gasteiger partial charge on any atom is -0.294 e. The van der Waals surface area contributed by atoms with Crippen molar-refractivity contribution in [1.29, 1.82) is 0 Å². The third-order valence-electron chi connectivity index (χ3n) is 2.77. The molecule has 3 aromatic rings. The molecule has 0 N–H and O–H groups in total. The van der Waals surface area contributed by atoms with Crippen molar-refractivity contribution >= 4 is 22.2 Å². The number of carbonyl (C=O) groups is 1. The summed E-state index contributed by atoms with van der Waals surface area (Å²) in [5, 5.41) is 5.38. The smallest absolute Gasteiger partial charge is 0.163 e. The maximum atomic E-state index is 11.4. The third-order valence-corrected chi connectivity index (χ3v) is 2.77. The van der Waals surface area contributed by atoms with Gasteiger partial charge in [-0.2, -0.15) is 5.10 Å². The quantitative estimate of drug-likeness (QED) is 0.579. The second kappa shape index (κ2) is 3.17. The summed E-state index contributed by atoms with van der Waals surface area (Å²) in [6.45, 7) is 1.56. The van der Waals surface area contributed by atoms with E-state index in [4.69, 9.17) is 0 Å². The van der Waals surface area contributed by atoms with Crippen LogP contribution >= 0.6 is 0 Å². The van der Waals surface area contributed by atoms with Crippen molar-refractivity contribution in [3.05, 3.63) is 48.2 Å². The molecule has 1 aromatic carbocycles. The van der Waals surface area contributed by atoms with Crippen LogP contribution in [0.25, 0.3) is 16.4 Å². The number of rotatable bonds is 1. The highest BCUT2D eigenvalue weighted by atomic mass is 16.1. The molecule has 0 atom stereocenters. The summed E-state index contributed by atoms with van der Waals surface area (Å²) in [6.07, 6.45) is 1.63. The minimum atomic E-state index is 0.0466. The number of pyridine rings is 1. The number of fused-ring (bicyclic) bond motifs is 3. The van der Waals surface area contributed by atoms with Crippen molar-refractivity contribution in [2.24, 2.45) is 0 Å². The Morgan fingerprint density at radius 2 is 1.94 bits per heavy atom. The predicted octanol–water partition coefficient (Wildman–Crippen LogP) is 2.69. The highest BCUT2D eigenvalue weighted by molar-refractivity contribution is 6.01. The van der Waals surface area contributed by atoms with E-state index >= 15 is 0 Å². The number of hydrogen-bond acceptors (Lipinski definition) is 2. The Morgan fingerprint density at radius 1 is 1.12 bits per heavy atom. The Morgan fingerprint density at radius 3 is 2.75 bits per heavy atom. The van der Waals surface area contributed by atoms with Gasteiger partial charge in [0.1, 0.15) is 0 Å². The lowest BCUT2D eigenvalue weighted by Gasteiger charge is -2.01. The number of para-hydroxylation sites is 1. The van der Waals surface area contributed by atoms with E-state index in [9.17, 15) is 4.79 Å². The summed E-state index contributed by atoms with van der Waals surface area (Å²) >= 11 is 0. The van der Waals surface area contributed by atoms with E-state index in [-0.39, 0.29) is 5.78 Å². The Kier molecular flexibility index (Phi) is 1.80. The van der Waals surface area contributed by atoms with Crippen LogP contribution in [0.15, 0.2) is 42.6 Å². The van der Waals surface area contributed by atoms with Crippen LogP contribution < -0.4 is 0 Å². The third kappa shape index (κ3) is 1.15. The molecular weight excluding hydrogens is 200 g/mol. The number of carbonyl (C=O) groups excluding carboxylic acids is 1. The fraction of sp³-hybridized carbons (Fsp3) is 0.0769. The maximum Gasteiger partial charge on any atom is 0.163 e. The zero-order chi connectivity index (χ0) is 11.1. The Labute approximate surface area is 92.3 Å². The molecule has 0 saturated carbocycles. The van der Waals surface area contributed by atoms with Crippen molar-refractivity contribution in [2.45, 2.75) is 6.92 Å². The van der Waals surface area contributed by atoms with E-state index < -0.39 is 0 Å². The molecule has 78 valence electrons. The van der Waals surface area contributed by atoms with Crippen LogP contribution in [0.3, 0.4) is 0 Å². The first kappa shape index (κ1) is 9.09. The molecule has 3 heteroatoms. The Bertz CT molecular complexity index is 697. The number of ketones is 1. The topological polar surface area (TPSA) is 34.4 Å². The average Bonchev–Trinajstić information content (AvgIpc) is 2.73. The van der Waals surface area contributed by atoms with Gasteiger partial charge in [-0.1, -0.05) is 24.3 Å². The summed E-state index contributed by atoms with van der Waals surface area (Å²) in [4.78, 5) is 11.4. The van der Waals surface area contributed by atoms with E-state index in [1.54, 1.807) is 13.1 Å². The number of nitrogens with zero attached hydrogens (tertiary/aromatic N) is 2. The molecule has 0 fully saturated rings.